The zero-order valence-corrected chi connectivity index (χ0v) is 12.9. The van der Waals surface area contributed by atoms with E-state index in [1.54, 1.807) is 0 Å². The van der Waals surface area contributed by atoms with Gasteiger partial charge in [0, 0.05) is 22.3 Å². The van der Waals surface area contributed by atoms with Crippen LogP contribution in [0.25, 0.3) is 0 Å². The van der Waals surface area contributed by atoms with Crippen molar-refractivity contribution >= 4 is 39.6 Å². The maximum atomic E-state index is 12.1. The van der Waals surface area contributed by atoms with Crippen molar-refractivity contribution in [2.45, 2.75) is 23.5 Å². The normalized spacial score (nSPS) is 22.0. The summed E-state index contributed by atoms with van der Waals surface area (Å²) >= 11 is 4.68. The highest BCUT2D eigenvalue weighted by Gasteiger charge is 2.38. The SMILES string of the molecule is O=C(O)[C@H]1C[C@@H](O)CN1C(=O)CSc1ccc(Br)cc1. The standard InChI is InChI=1S/C13H14BrNO4S/c14-8-1-3-10(4-2-8)20-7-12(17)15-6-9(16)5-11(15)13(18)19/h1-4,9,11,16H,5-7H2,(H,18,19)/t9-,11-/m1/s1. The molecule has 2 atom stereocenters. The molecule has 108 valence electrons. The van der Waals surface area contributed by atoms with Crippen LogP contribution in [0, 0.1) is 0 Å². The number of carboxylic acids is 1. The molecule has 0 unspecified atom stereocenters. The number of benzene rings is 1. The molecule has 1 aromatic rings. The van der Waals surface area contributed by atoms with Crippen molar-refractivity contribution in [2.24, 2.45) is 0 Å². The summed E-state index contributed by atoms with van der Waals surface area (Å²) in [7, 11) is 0. The molecule has 0 saturated carbocycles. The van der Waals surface area contributed by atoms with E-state index in [-0.39, 0.29) is 24.6 Å². The van der Waals surface area contributed by atoms with E-state index < -0.39 is 18.1 Å². The number of β-amino-alcohol motifs (C(OH)–C–C–N with tert-alkyl or cyclic N) is 1. The van der Waals surface area contributed by atoms with Crippen molar-refractivity contribution in [3.05, 3.63) is 28.7 Å². The van der Waals surface area contributed by atoms with Gasteiger partial charge in [0.25, 0.3) is 0 Å². The molecular weight excluding hydrogens is 346 g/mol. The van der Waals surface area contributed by atoms with Crippen molar-refractivity contribution in [1.29, 1.82) is 0 Å². The van der Waals surface area contributed by atoms with Gasteiger partial charge in [0.1, 0.15) is 6.04 Å². The van der Waals surface area contributed by atoms with Gasteiger partial charge in [-0.2, -0.15) is 0 Å². The number of carbonyl (C=O) groups excluding carboxylic acids is 1. The molecule has 1 amide bonds. The Hall–Kier alpha value is -1.05. The lowest BCUT2D eigenvalue weighted by atomic mass is 10.2. The van der Waals surface area contributed by atoms with Crippen LogP contribution in [0.5, 0.6) is 0 Å². The molecule has 5 nitrogen and oxygen atoms in total. The Morgan fingerprint density at radius 2 is 2.00 bits per heavy atom. The average Bonchev–Trinajstić information content (AvgIpc) is 2.80. The number of aliphatic carboxylic acids is 1. The lowest BCUT2D eigenvalue weighted by Gasteiger charge is -2.20. The monoisotopic (exact) mass is 359 g/mol. The summed E-state index contributed by atoms with van der Waals surface area (Å²) < 4.78 is 0.960. The van der Waals surface area contributed by atoms with E-state index in [1.165, 1.54) is 16.7 Å². The number of nitrogens with zero attached hydrogens (tertiary/aromatic N) is 1. The number of thioether (sulfide) groups is 1. The topological polar surface area (TPSA) is 77.8 Å². The lowest BCUT2D eigenvalue weighted by Crippen LogP contribution is -2.41. The number of aliphatic hydroxyl groups is 1. The zero-order valence-electron chi connectivity index (χ0n) is 10.5. The summed E-state index contributed by atoms with van der Waals surface area (Å²) in [6.07, 6.45) is -0.651. The van der Waals surface area contributed by atoms with Crippen LogP contribution in [0.15, 0.2) is 33.6 Å². The van der Waals surface area contributed by atoms with Crippen LogP contribution in [0.3, 0.4) is 0 Å². The van der Waals surface area contributed by atoms with E-state index in [9.17, 15) is 14.7 Å². The molecular formula is C13H14BrNO4S. The van der Waals surface area contributed by atoms with Crippen molar-refractivity contribution in [2.75, 3.05) is 12.3 Å². The highest BCUT2D eigenvalue weighted by atomic mass is 79.9. The first kappa shape index (κ1) is 15.3. The smallest absolute Gasteiger partial charge is 0.326 e. The Kier molecular flexibility index (Phi) is 5.06. The number of hydrogen-bond donors (Lipinski definition) is 2. The minimum atomic E-state index is -1.07. The van der Waals surface area contributed by atoms with E-state index in [4.69, 9.17) is 5.11 Å². The number of rotatable bonds is 4. The van der Waals surface area contributed by atoms with Gasteiger partial charge in [0.05, 0.1) is 11.9 Å². The van der Waals surface area contributed by atoms with Crippen molar-refractivity contribution in [3.63, 3.8) is 0 Å². The summed E-state index contributed by atoms with van der Waals surface area (Å²) in [5.41, 5.74) is 0. The van der Waals surface area contributed by atoms with Gasteiger partial charge in [-0.15, -0.1) is 11.8 Å². The molecule has 0 bridgehead atoms. The fourth-order valence-corrected chi connectivity index (χ4v) is 3.13. The molecule has 1 heterocycles. The highest BCUT2D eigenvalue weighted by molar-refractivity contribution is 9.10. The predicted molar refractivity (Wildman–Crippen MR) is 78.6 cm³/mol. The fraction of sp³-hybridized carbons (Fsp3) is 0.385. The van der Waals surface area contributed by atoms with Crippen molar-refractivity contribution in [1.82, 2.24) is 4.90 Å². The first-order chi connectivity index (χ1) is 9.47. The molecule has 7 heteroatoms. The first-order valence-electron chi connectivity index (χ1n) is 6.06. The third kappa shape index (κ3) is 3.74. The van der Waals surface area contributed by atoms with Crippen LogP contribution in [0.4, 0.5) is 0 Å². The Labute approximate surface area is 129 Å². The molecule has 2 N–H and O–H groups in total. The molecule has 1 aliphatic rings. The number of carbonyl (C=O) groups is 2. The second-order valence-electron chi connectivity index (χ2n) is 4.53. The number of hydrogen-bond acceptors (Lipinski definition) is 4. The van der Waals surface area contributed by atoms with Crippen LogP contribution in [0.1, 0.15) is 6.42 Å². The molecule has 0 radical (unpaired) electrons. The minimum Gasteiger partial charge on any atom is -0.480 e. The molecule has 0 aromatic heterocycles. The van der Waals surface area contributed by atoms with Gasteiger partial charge >= 0.3 is 5.97 Å². The molecule has 0 aliphatic carbocycles. The van der Waals surface area contributed by atoms with E-state index in [0.717, 1.165) is 9.37 Å². The summed E-state index contributed by atoms with van der Waals surface area (Å²) in [6, 6.07) is 6.62. The fourth-order valence-electron chi connectivity index (χ4n) is 2.08. The van der Waals surface area contributed by atoms with E-state index in [0.29, 0.717) is 0 Å². The molecule has 20 heavy (non-hydrogen) atoms. The van der Waals surface area contributed by atoms with Gasteiger partial charge in [-0.25, -0.2) is 4.79 Å². The maximum Gasteiger partial charge on any atom is 0.326 e. The van der Waals surface area contributed by atoms with Crippen molar-refractivity contribution < 1.29 is 19.8 Å². The maximum absolute atomic E-state index is 12.1. The van der Waals surface area contributed by atoms with E-state index >= 15 is 0 Å². The molecule has 0 spiro atoms. The largest absolute Gasteiger partial charge is 0.480 e. The Balaban J connectivity index is 1.94. The molecule has 1 aliphatic heterocycles. The number of amides is 1. The van der Waals surface area contributed by atoms with Gasteiger partial charge in [0.2, 0.25) is 5.91 Å². The third-order valence-electron chi connectivity index (χ3n) is 3.06. The lowest BCUT2D eigenvalue weighted by molar-refractivity contribution is -0.147. The molecule has 2 rings (SSSR count). The van der Waals surface area contributed by atoms with E-state index in [1.807, 2.05) is 24.3 Å². The summed E-state index contributed by atoms with van der Waals surface area (Å²) in [6.45, 7) is 0.0939. The summed E-state index contributed by atoms with van der Waals surface area (Å²) in [4.78, 5) is 25.3. The van der Waals surface area contributed by atoms with Gasteiger partial charge in [-0.05, 0) is 24.3 Å². The van der Waals surface area contributed by atoms with Crippen LogP contribution >= 0.6 is 27.7 Å². The van der Waals surface area contributed by atoms with Crippen molar-refractivity contribution in [3.8, 4) is 0 Å². The average molecular weight is 360 g/mol. The van der Waals surface area contributed by atoms with Crippen LogP contribution in [-0.2, 0) is 9.59 Å². The number of likely N-dealkylation sites (tertiary alicyclic amines) is 1. The summed E-state index contributed by atoms with van der Waals surface area (Å²) in [5, 5.41) is 18.6. The number of aliphatic hydroxyl groups excluding tert-OH is 1. The number of halogens is 1. The van der Waals surface area contributed by atoms with Crippen LogP contribution < -0.4 is 0 Å². The van der Waals surface area contributed by atoms with Gasteiger partial charge < -0.3 is 15.1 Å². The predicted octanol–water partition coefficient (Wildman–Crippen LogP) is 1.59. The second kappa shape index (κ2) is 6.60. The van der Waals surface area contributed by atoms with Gasteiger partial charge in [-0.3, -0.25) is 4.79 Å². The van der Waals surface area contributed by atoms with Crippen LogP contribution in [0.2, 0.25) is 0 Å². The number of carboxylic acid groups (broad SMARTS) is 1. The molecule has 1 aromatic carbocycles. The third-order valence-corrected chi connectivity index (χ3v) is 4.59. The second-order valence-corrected chi connectivity index (χ2v) is 6.50. The van der Waals surface area contributed by atoms with Crippen LogP contribution in [-0.4, -0.2) is 51.4 Å². The first-order valence-corrected chi connectivity index (χ1v) is 7.84. The molecule has 1 saturated heterocycles. The van der Waals surface area contributed by atoms with Gasteiger partial charge in [-0.1, -0.05) is 15.9 Å². The Morgan fingerprint density at radius 3 is 2.60 bits per heavy atom. The Bertz CT molecular complexity index is 508. The Morgan fingerprint density at radius 1 is 1.35 bits per heavy atom. The quantitative estimate of drug-likeness (QED) is 0.798. The van der Waals surface area contributed by atoms with E-state index in [2.05, 4.69) is 15.9 Å². The molecule has 1 fully saturated rings. The highest BCUT2D eigenvalue weighted by Crippen LogP contribution is 2.24. The van der Waals surface area contributed by atoms with Gasteiger partial charge in [0.15, 0.2) is 0 Å². The zero-order chi connectivity index (χ0) is 14.7. The summed E-state index contributed by atoms with van der Waals surface area (Å²) in [5.74, 6) is -1.16. The minimum absolute atomic E-state index is 0.0939.